The fraction of sp³-hybridized carbons (Fsp3) is 0.333. The normalized spacial score (nSPS) is 9.93. The Kier molecular flexibility index (Phi) is 4.17. The second-order valence-corrected chi connectivity index (χ2v) is 3.45. The zero-order valence-corrected chi connectivity index (χ0v) is 8.79. The van der Waals surface area contributed by atoms with Crippen LogP contribution in [-0.4, -0.2) is 22.6 Å². The Bertz CT molecular complexity index is 357. The highest BCUT2D eigenvalue weighted by molar-refractivity contribution is 6.30. The molecule has 0 spiro atoms. The lowest BCUT2D eigenvalue weighted by atomic mass is 10.3. The van der Waals surface area contributed by atoms with Crippen molar-refractivity contribution in [3.05, 3.63) is 17.3 Å². The quantitative estimate of drug-likeness (QED) is 0.668. The number of nitrogen functional groups attached to an aromatic ring is 1. The molecule has 5 nitrogen and oxygen atoms in total. The van der Waals surface area contributed by atoms with Crippen molar-refractivity contribution in [2.75, 3.05) is 17.6 Å². The Morgan fingerprint density at radius 1 is 1.67 bits per heavy atom. The largest absolute Gasteiger partial charge is 0.481 e. The highest BCUT2D eigenvalue weighted by Gasteiger charge is 2.01. The lowest BCUT2D eigenvalue weighted by molar-refractivity contribution is -0.137. The number of aliphatic carboxylic acids is 1. The van der Waals surface area contributed by atoms with Crippen LogP contribution >= 0.6 is 11.6 Å². The summed E-state index contributed by atoms with van der Waals surface area (Å²) in [5.74, 6) is -0.279. The van der Waals surface area contributed by atoms with Crippen LogP contribution in [0.25, 0.3) is 0 Å². The molecule has 0 radical (unpaired) electrons. The molecule has 1 rings (SSSR count). The maximum atomic E-state index is 10.2. The molecule has 4 N–H and O–H groups in total. The average Bonchev–Trinajstić information content (AvgIpc) is 2.14. The zero-order chi connectivity index (χ0) is 11.3. The van der Waals surface area contributed by atoms with E-state index in [-0.39, 0.29) is 6.42 Å². The van der Waals surface area contributed by atoms with Gasteiger partial charge in [-0.05, 0) is 12.5 Å². The number of carboxylic acids is 1. The molecule has 1 aromatic rings. The van der Waals surface area contributed by atoms with Crippen molar-refractivity contribution in [2.24, 2.45) is 0 Å². The number of hydrogen-bond donors (Lipinski definition) is 3. The molecular weight excluding hydrogens is 218 g/mol. The number of nitrogens with zero attached hydrogens (tertiary/aromatic N) is 1. The standard InChI is InChI=1S/C9H12ClN3O2/c10-6-4-7(11)9(13-5-6)12-3-1-2-8(14)15/h4-5H,1-3,11H2,(H,12,13)(H,14,15). The van der Waals surface area contributed by atoms with E-state index >= 15 is 0 Å². The van der Waals surface area contributed by atoms with Crippen molar-refractivity contribution < 1.29 is 9.90 Å². The van der Waals surface area contributed by atoms with Gasteiger partial charge in [-0.1, -0.05) is 11.6 Å². The molecule has 0 aliphatic heterocycles. The summed E-state index contributed by atoms with van der Waals surface area (Å²) in [5.41, 5.74) is 6.09. The number of carbonyl (C=O) groups is 1. The van der Waals surface area contributed by atoms with Crippen LogP contribution in [0.4, 0.5) is 11.5 Å². The number of hydrogen-bond acceptors (Lipinski definition) is 4. The van der Waals surface area contributed by atoms with E-state index in [1.807, 2.05) is 0 Å². The first-order valence-corrected chi connectivity index (χ1v) is 4.84. The van der Waals surface area contributed by atoms with E-state index < -0.39 is 5.97 Å². The van der Waals surface area contributed by atoms with Gasteiger partial charge in [0.05, 0.1) is 10.7 Å². The number of rotatable bonds is 5. The van der Waals surface area contributed by atoms with E-state index in [0.717, 1.165) is 0 Å². The molecule has 82 valence electrons. The lowest BCUT2D eigenvalue weighted by Crippen LogP contribution is -2.07. The van der Waals surface area contributed by atoms with Gasteiger partial charge < -0.3 is 16.2 Å². The number of pyridine rings is 1. The van der Waals surface area contributed by atoms with E-state index in [9.17, 15) is 4.79 Å². The van der Waals surface area contributed by atoms with E-state index in [2.05, 4.69) is 10.3 Å². The second kappa shape index (κ2) is 5.41. The van der Waals surface area contributed by atoms with Gasteiger partial charge in [0.2, 0.25) is 0 Å². The fourth-order valence-corrected chi connectivity index (χ4v) is 1.22. The molecule has 0 fully saturated rings. The number of nitrogens with two attached hydrogens (primary N) is 1. The summed E-state index contributed by atoms with van der Waals surface area (Å²) in [7, 11) is 0. The Hall–Kier alpha value is -1.49. The molecule has 1 heterocycles. The Balaban J connectivity index is 2.40. The SMILES string of the molecule is Nc1cc(Cl)cnc1NCCCC(=O)O. The summed E-state index contributed by atoms with van der Waals surface area (Å²) < 4.78 is 0. The third-order valence-electron chi connectivity index (χ3n) is 1.74. The zero-order valence-electron chi connectivity index (χ0n) is 8.03. The summed E-state index contributed by atoms with van der Waals surface area (Å²) >= 11 is 5.67. The van der Waals surface area contributed by atoms with Gasteiger partial charge in [0.25, 0.3) is 0 Å². The third kappa shape index (κ3) is 4.03. The summed E-state index contributed by atoms with van der Waals surface area (Å²) in [6, 6.07) is 1.59. The van der Waals surface area contributed by atoms with Crippen LogP contribution in [0.5, 0.6) is 0 Å². The van der Waals surface area contributed by atoms with Crippen molar-refractivity contribution >= 4 is 29.1 Å². The predicted octanol–water partition coefficient (Wildman–Crippen LogP) is 1.59. The van der Waals surface area contributed by atoms with Gasteiger partial charge in [-0.3, -0.25) is 4.79 Å². The molecule has 0 aliphatic carbocycles. The maximum absolute atomic E-state index is 10.2. The van der Waals surface area contributed by atoms with Gasteiger partial charge >= 0.3 is 5.97 Å². The van der Waals surface area contributed by atoms with Gasteiger partial charge in [0.1, 0.15) is 5.82 Å². The summed E-state index contributed by atoms with van der Waals surface area (Å²) in [5, 5.41) is 11.8. The Labute approximate surface area is 92.3 Å². The minimum absolute atomic E-state index is 0.125. The molecule has 6 heteroatoms. The van der Waals surface area contributed by atoms with Crippen molar-refractivity contribution in [1.29, 1.82) is 0 Å². The molecule has 0 amide bonds. The minimum atomic E-state index is -0.811. The Morgan fingerprint density at radius 2 is 2.40 bits per heavy atom. The minimum Gasteiger partial charge on any atom is -0.481 e. The highest BCUT2D eigenvalue weighted by atomic mass is 35.5. The van der Waals surface area contributed by atoms with Crippen LogP contribution in [0.1, 0.15) is 12.8 Å². The molecule has 0 saturated carbocycles. The molecular formula is C9H12ClN3O2. The van der Waals surface area contributed by atoms with Gasteiger partial charge in [-0.2, -0.15) is 0 Å². The van der Waals surface area contributed by atoms with Crippen LogP contribution in [-0.2, 0) is 4.79 Å². The number of halogens is 1. The van der Waals surface area contributed by atoms with Crippen LogP contribution < -0.4 is 11.1 Å². The topological polar surface area (TPSA) is 88.2 Å². The van der Waals surface area contributed by atoms with Gasteiger partial charge in [-0.25, -0.2) is 4.98 Å². The van der Waals surface area contributed by atoms with Crippen LogP contribution in [0.2, 0.25) is 5.02 Å². The van der Waals surface area contributed by atoms with Crippen LogP contribution in [0.15, 0.2) is 12.3 Å². The maximum Gasteiger partial charge on any atom is 0.303 e. The number of carboxylic acid groups (broad SMARTS) is 1. The monoisotopic (exact) mass is 229 g/mol. The lowest BCUT2D eigenvalue weighted by Gasteiger charge is -2.07. The third-order valence-corrected chi connectivity index (χ3v) is 1.95. The molecule has 1 aromatic heterocycles. The van der Waals surface area contributed by atoms with E-state index in [1.54, 1.807) is 6.07 Å². The molecule has 15 heavy (non-hydrogen) atoms. The van der Waals surface area contributed by atoms with Crippen molar-refractivity contribution in [2.45, 2.75) is 12.8 Å². The first-order valence-electron chi connectivity index (χ1n) is 4.46. The van der Waals surface area contributed by atoms with Gasteiger partial charge in [0.15, 0.2) is 0 Å². The summed E-state index contributed by atoms with van der Waals surface area (Å²) in [4.78, 5) is 14.2. The van der Waals surface area contributed by atoms with Crippen molar-refractivity contribution in [3.8, 4) is 0 Å². The van der Waals surface area contributed by atoms with Gasteiger partial charge in [0, 0.05) is 19.2 Å². The first-order chi connectivity index (χ1) is 7.09. The predicted molar refractivity (Wildman–Crippen MR) is 59.0 cm³/mol. The molecule has 0 saturated heterocycles. The molecule has 0 bridgehead atoms. The van der Waals surface area contributed by atoms with E-state index in [0.29, 0.717) is 29.5 Å². The molecule has 0 aromatic carbocycles. The smallest absolute Gasteiger partial charge is 0.303 e. The van der Waals surface area contributed by atoms with E-state index in [1.165, 1.54) is 6.20 Å². The Morgan fingerprint density at radius 3 is 3.00 bits per heavy atom. The molecule has 0 aliphatic rings. The first kappa shape index (κ1) is 11.6. The van der Waals surface area contributed by atoms with E-state index in [4.69, 9.17) is 22.4 Å². The number of nitrogens with one attached hydrogen (secondary N) is 1. The fourth-order valence-electron chi connectivity index (χ4n) is 1.05. The van der Waals surface area contributed by atoms with Crippen molar-refractivity contribution in [1.82, 2.24) is 4.98 Å². The average molecular weight is 230 g/mol. The van der Waals surface area contributed by atoms with Crippen LogP contribution in [0.3, 0.4) is 0 Å². The second-order valence-electron chi connectivity index (χ2n) is 3.02. The highest BCUT2D eigenvalue weighted by Crippen LogP contribution is 2.19. The van der Waals surface area contributed by atoms with Crippen molar-refractivity contribution in [3.63, 3.8) is 0 Å². The molecule has 0 atom stereocenters. The molecule has 0 unspecified atom stereocenters. The van der Waals surface area contributed by atoms with Crippen LogP contribution in [0, 0.1) is 0 Å². The number of anilines is 2. The summed E-state index contributed by atoms with van der Waals surface area (Å²) in [6.07, 6.45) is 2.14. The number of aromatic nitrogens is 1. The van der Waals surface area contributed by atoms with Gasteiger partial charge in [-0.15, -0.1) is 0 Å². The summed E-state index contributed by atoms with van der Waals surface area (Å²) in [6.45, 7) is 0.519.